The van der Waals surface area contributed by atoms with E-state index in [1.54, 1.807) is 0 Å². The first-order valence-corrected chi connectivity index (χ1v) is 8.15. The van der Waals surface area contributed by atoms with Crippen molar-refractivity contribution in [1.82, 2.24) is 10.2 Å². The van der Waals surface area contributed by atoms with Gasteiger partial charge in [-0.2, -0.15) is 0 Å². The molecule has 1 fully saturated rings. The summed E-state index contributed by atoms with van der Waals surface area (Å²) in [5, 5.41) is 3.03. The van der Waals surface area contributed by atoms with Crippen molar-refractivity contribution in [3.8, 4) is 0 Å². The summed E-state index contributed by atoms with van der Waals surface area (Å²) >= 11 is 0. The third-order valence-corrected chi connectivity index (χ3v) is 3.96. The van der Waals surface area contributed by atoms with Crippen LogP contribution < -0.4 is 5.32 Å². The molecule has 0 saturated carbocycles. The summed E-state index contributed by atoms with van der Waals surface area (Å²) in [5.74, 6) is -0.0385. The van der Waals surface area contributed by atoms with Crippen molar-refractivity contribution < 1.29 is 14.4 Å². The van der Waals surface area contributed by atoms with Gasteiger partial charge >= 0.3 is 0 Å². The van der Waals surface area contributed by atoms with Crippen molar-refractivity contribution >= 4 is 17.7 Å². The first-order valence-electron chi connectivity index (χ1n) is 8.15. The van der Waals surface area contributed by atoms with Crippen LogP contribution in [0.15, 0.2) is 30.3 Å². The van der Waals surface area contributed by atoms with Crippen molar-refractivity contribution in [2.45, 2.75) is 45.6 Å². The minimum absolute atomic E-state index is 0.0475. The highest BCUT2D eigenvalue weighted by atomic mass is 16.2. The predicted molar refractivity (Wildman–Crippen MR) is 87.4 cm³/mol. The second-order valence-electron chi connectivity index (χ2n) is 6.35. The predicted octanol–water partition coefficient (Wildman–Crippen LogP) is 2.43. The molecular weight excluding hydrogens is 292 g/mol. The van der Waals surface area contributed by atoms with Gasteiger partial charge in [0.25, 0.3) is 0 Å². The smallest absolute Gasteiger partial charge is 0.229 e. The molecule has 1 heterocycles. The van der Waals surface area contributed by atoms with Crippen LogP contribution in [-0.2, 0) is 14.4 Å². The molecule has 0 spiro atoms. The Balaban J connectivity index is 1.92. The van der Waals surface area contributed by atoms with Crippen LogP contribution in [0, 0.1) is 5.92 Å². The average molecular weight is 316 g/mol. The van der Waals surface area contributed by atoms with Crippen LogP contribution in [0.4, 0.5) is 0 Å². The maximum absolute atomic E-state index is 12.2. The second kappa shape index (κ2) is 7.90. The number of nitrogens with zero attached hydrogens (tertiary/aromatic N) is 1. The van der Waals surface area contributed by atoms with Gasteiger partial charge in [0.15, 0.2) is 0 Å². The fraction of sp³-hybridized carbons (Fsp3) is 0.500. The van der Waals surface area contributed by atoms with Gasteiger partial charge in [0, 0.05) is 25.8 Å². The van der Waals surface area contributed by atoms with Crippen LogP contribution in [0.25, 0.3) is 0 Å². The van der Waals surface area contributed by atoms with Crippen molar-refractivity contribution in [3.63, 3.8) is 0 Å². The molecule has 0 aromatic heterocycles. The van der Waals surface area contributed by atoms with Gasteiger partial charge in [0.1, 0.15) is 0 Å². The molecule has 1 aliphatic rings. The SMILES string of the molecule is CC(C)C[C@H](NC(=O)CCN1C(=O)CCC1=O)c1ccccc1. The van der Waals surface area contributed by atoms with Gasteiger partial charge in [-0.25, -0.2) is 0 Å². The molecule has 2 rings (SSSR count). The van der Waals surface area contributed by atoms with Crippen molar-refractivity contribution in [3.05, 3.63) is 35.9 Å². The van der Waals surface area contributed by atoms with E-state index >= 15 is 0 Å². The largest absolute Gasteiger partial charge is 0.349 e. The van der Waals surface area contributed by atoms with Gasteiger partial charge in [0.05, 0.1) is 6.04 Å². The van der Waals surface area contributed by atoms with Crippen molar-refractivity contribution in [1.29, 1.82) is 0 Å². The molecule has 5 heteroatoms. The van der Waals surface area contributed by atoms with E-state index in [2.05, 4.69) is 19.2 Å². The van der Waals surface area contributed by atoms with Crippen LogP contribution in [0.1, 0.15) is 51.1 Å². The number of likely N-dealkylation sites (tertiary alicyclic amines) is 1. The van der Waals surface area contributed by atoms with E-state index in [0.29, 0.717) is 5.92 Å². The Labute approximate surface area is 137 Å². The molecule has 124 valence electrons. The summed E-state index contributed by atoms with van der Waals surface area (Å²) < 4.78 is 0. The first-order chi connectivity index (χ1) is 11.0. The van der Waals surface area contributed by atoms with Crippen LogP contribution in [0.5, 0.6) is 0 Å². The molecule has 0 unspecified atom stereocenters. The molecule has 1 saturated heterocycles. The van der Waals surface area contributed by atoms with Gasteiger partial charge in [-0.3, -0.25) is 19.3 Å². The summed E-state index contributed by atoms with van der Waals surface area (Å²) in [6.07, 6.45) is 1.52. The number of amides is 3. The maximum atomic E-state index is 12.2. The molecule has 1 aliphatic heterocycles. The molecule has 1 atom stereocenters. The molecule has 0 radical (unpaired) electrons. The zero-order valence-corrected chi connectivity index (χ0v) is 13.7. The molecule has 5 nitrogen and oxygen atoms in total. The standard InChI is InChI=1S/C18H24N2O3/c1-13(2)12-15(14-6-4-3-5-7-14)19-16(21)10-11-20-17(22)8-9-18(20)23/h3-7,13,15H,8-12H2,1-2H3,(H,19,21)/t15-/m0/s1. The minimum atomic E-state index is -0.176. The number of nitrogens with one attached hydrogen (secondary N) is 1. The Kier molecular flexibility index (Phi) is 5.90. The number of rotatable bonds is 7. The van der Waals surface area contributed by atoms with E-state index in [4.69, 9.17) is 0 Å². The van der Waals surface area contributed by atoms with Gasteiger partial charge in [0.2, 0.25) is 17.7 Å². The third kappa shape index (κ3) is 4.91. The molecule has 1 N–H and O–H groups in total. The van der Waals surface area contributed by atoms with E-state index < -0.39 is 0 Å². The number of carbonyl (C=O) groups is 3. The maximum Gasteiger partial charge on any atom is 0.229 e. The number of carbonyl (C=O) groups excluding carboxylic acids is 3. The Morgan fingerprint density at radius 2 is 1.74 bits per heavy atom. The van der Waals surface area contributed by atoms with E-state index in [1.807, 2.05) is 30.3 Å². The van der Waals surface area contributed by atoms with E-state index in [1.165, 1.54) is 4.90 Å². The summed E-state index contributed by atoms with van der Waals surface area (Å²) in [6.45, 7) is 4.40. The summed E-state index contributed by atoms with van der Waals surface area (Å²) in [5.41, 5.74) is 1.07. The molecule has 1 aromatic carbocycles. The molecular formula is C18H24N2O3. The van der Waals surface area contributed by atoms with Gasteiger partial charge in [-0.05, 0) is 17.9 Å². The van der Waals surface area contributed by atoms with Gasteiger partial charge in [-0.15, -0.1) is 0 Å². The Morgan fingerprint density at radius 3 is 2.30 bits per heavy atom. The highest BCUT2D eigenvalue weighted by Crippen LogP contribution is 2.21. The Hall–Kier alpha value is -2.17. The number of benzene rings is 1. The third-order valence-electron chi connectivity index (χ3n) is 3.96. The molecule has 3 amide bonds. The van der Waals surface area contributed by atoms with Crippen LogP contribution >= 0.6 is 0 Å². The number of imide groups is 1. The van der Waals surface area contributed by atoms with Gasteiger partial charge in [-0.1, -0.05) is 44.2 Å². The quantitative estimate of drug-likeness (QED) is 0.786. The molecule has 0 aliphatic carbocycles. The first kappa shape index (κ1) is 17.2. The zero-order valence-electron chi connectivity index (χ0n) is 13.7. The normalized spacial score (nSPS) is 16.0. The summed E-state index contributed by atoms with van der Waals surface area (Å²) in [7, 11) is 0. The van der Waals surface area contributed by atoms with Crippen molar-refractivity contribution in [2.24, 2.45) is 5.92 Å². The highest BCUT2D eigenvalue weighted by Gasteiger charge is 2.29. The number of hydrogen-bond donors (Lipinski definition) is 1. The lowest BCUT2D eigenvalue weighted by molar-refractivity contribution is -0.138. The van der Waals surface area contributed by atoms with Crippen LogP contribution in [0.3, 0.4) is 0 Å². The summed E-state index contributed by atoms with van der Waals surface area (Å²) in [4.78, 5) is 36.5. The lowest BCUT2D eigenvalue weighted by Crippen LogP contribution is -2.35. The Bertz CT molecular complexity index is 553. The fourth-order valence-electron chi connectivity index (χ4n) is 2.79. The topological polar surface area (TPSA) is 66.5 Å². The molecule has 23 heavy (non-hydrogen) atoms. The van der Waals surface area contributed by atoms with Crippen LogP contribution in [-0.4, -0.2) is 29.2 Å². The fourth-order valence-corrected chi connectivity index (χ4v) is 2.79. The summed E-state index contributed by atoms with van der Waals surface area (Å²) in [6, 6.07) is 9.81. The lowest BCUT2D eigenvalue weighted by Gasteiger charge is -2.22. The molecule has 1 aromatic rings. The second-order valence-corrected chi connectivity index (χ2v) is 6.35. The highest BCUT2D eigenvalue weighted by molar-refractivity contribution is 6.02. The molecule has 0 bridgehead atoms. The van der Waals surface area contributed by atoms with Crippen molar-refractivity contribution in [2.75, 3.05) is 6.54 Å². The minimum Gasteiger partial charge on any atom is -0.349 e. The average Bonchev–Trinajstić information content (AvgIpc) is 2.84. The monoisotopic (exact) mass is 316 g/mol. The van der Waals surface area contributed by atoms with E-state index in [-0.39, 0.29) is 49.6 Å². The zero-order chi connectivity index (χ0) is 16.8. The number of hydrogen-bond acceptors (Lipinski definition) is 3. The van der Waals surface area contributed by atoms with E-state index in [0.717, 1.165) is 12.0 Å². The van der Waals surface area contributed by atoms with Crippen LogP contribution in [0.2, 0.25) is 0 Å². The van der Waals surface area contributed by atoms with Gasteiger partial charge < -0.3 is 5.32 Å². The Morgan fingerprint density at radius 1 is 1.13 bits per heavy atom. The lowest BCUT2D eigenvalue weighted by atomic mass is 9.97. The van der Waals surface area contributed by atoms with E-state index in [9.17, 15) is 14.4 Å².